The molecule has 0 unspecified atom stereocenters. The topological polar surface area (TPSA) is 43.8 Å². The van der Waals surface area contributed by atoms with Crippen molar-refractivity contribution in [1.29, 1.82) is 0 Å². The first kappa shape index (κ1) is 12.5. The molecule has 0 saturated heterocycles. The molecule has 3 rings (SSSR count). The van der Waals surface area contributed by atoms with Gasteiger partial charge in [-0.3, -0.25) is 0 Å². The fourth-order valence-electron chi connectivity index (χ4n) is 2.36. The normalized spacial score (nSPS) is 11.3. The number of aromatic nitrogens is 2. The molecule has 0 aliphatic rings. The zero-order valence-corrected chi connectivity index (χ0v) is 12.3. The van der Waals surface area contributed by atoms with Gasteiger partial charge in [0.15, 0.2) is 0 Å². The van der Waals surface area contributed by atoms with E-state index in [1.165, 1.54) is 4.88 Å². The predicted molar refractivity (Wildman–Crippen MR) is 82.9 cm³/mol. The molecule has 5 heteroatoms. The van der Waals surface area contributed by atoms with Crippen molar-refractivity contribution in [1.82, 2.24) is 9.55 Å². The molecule has 0 atom stereocenters. The van der Waals surface area contributed by atoms with Gasteiger partial charge in [-0.25, -0.2) is 4.98 Å². The Kier molecular flexibility index (Phi) is 2.99. The first-order chi connectivity index (χ1) is 9.11. The van der Waals surface area contributed by atoms with Crippen LogP contribution in [-0.4, -0.2) is 9.55 Å². The molecule has 0 aliphatic carbocycles. The second-order valence-corrected chi connectivity index (χ2v) is 6.12. The molecule has 0 saturated carbocycles. The van der Waals surface area contributed by atoms with E-state index < -0.39 is 0 Å². The highest BCUT2D eigenvalue weighted by Gasteiger charge is 2.17. The maximum absolute atomic E-state index is 6.30. The van der Waals surface area contributed by atoms with E-state index >= 15 is 0 Å². The lowest BCUT2D eigenvalue weighted by atomic mass is 10.2. The zero-order valence-electron chi connectivity index (χ0n) is 10.8. The van der Waals surface area contributed by atoms with Crippen molar-refractivity contribution in [2.75, 3.05) is 5.73 Å². The number of aryl methyl sites for hydroxylation is 2. The Labute approximate surface area is 120 Å². The number of hydrogen-bond acceptors (Lipinski definition) is 3. The van der Waals surface area contributed by atoms with Crippen molar-refractivity contribution >= 4 is 39.0 Å². The third-order valence-corrected chi connectivity index (χ3v) is 4.34. The summed E-state index contributed by atoms with van der Waals surface area (Å²) in [4.78, 5) is 5.88. The van der Waals surface area contributed by atoms with Gasteiger partial charge in [0, 0.05) is 11.4 Å². The minimum absolute atomic E-state index is 0.726. The Morgan fingerprint density at radius 3 is 2.84 bits per heavy atom. The number of benzene rings is 1. The number of para-hydroxylation sites is 1. The lowest BCUT2D eigenvalue weighted by Gasteiger charge is -2.06. The molecule has 19 heavy (non-hydrogen) atoms. The SMILES string of the molecule is CCn1c(-c2cc(C)sc2N)nc2cccc(Cl)c21. The average Bonchev–Trinajstić information content (AvgIpc) is 2.89. The molecule has 0 bridgehead atoms. The fourth-order valence-corrected chi connectivity index (χ4v) is 3.42. The summed E-state index contributed by atoms with van der Waals surface area (Å²) in [5, 5.41) is 1.53. The third-order valence-electron chi connectivity index (χ3n) is 3.16. The summed E-state index contributed by atoms with van der Waals surface area (Å²) in [7, 11) is 0. The van der Waals surface area contributed by atoms with Gasteiger partial charge in [0.05, 0.1) is 26.6 Å². The molecule has 0 amide bonds. The summed E-state index contributed by atoms with van der Waals surface area (Å²) in [6.07, 6.45) is 0. The third kappa shape index (κ3) is 1.91. The van der Waals surface area contributed by atoms with Gasteiger partial charge >= 0.3 is 0 Å². The van der Waals surface area contributed by atoms with E-state index in [2.05, 4.69) is 24.5 Å². The van der Waals surface area contributed by atoms with E-state index in [-0.39, 0.29) is 0 Å². The average molecular weight is 292 g/mol. The van der Waals surface area contributed by atoms with Crippen LogP contribution in [-0.2, 0) is 6.54 Å². The number of fused-ring (bicyclic) bond motifs is 1. The lowest BCUT2D eigenvalue weighted by Crippen LogP contribution is -1.98. The molecular formula is C14H14ClN3S. The quantitative estimate of drug-likeness (QED) is 0.764. The Morgan fingerprint density at radius 1 is 1.42 bits per heavy atom. The fraction of sp³-hybridized carbons (Fsp3) is 0.214. The molecule has 1 aromatic carbocycles. The standard InChI is InChI=1S/C14H14ClN3S/c1-3-18-12-10(15)5-4-6-11(12)17-14(18)9-7-8(2)19-13(9)16/h4-7H,3,16H2,1-2H3. The summed E-state index contributed by atoms with van der Waals surface area (Å²) in [6, 6.07) is 7.88. The summed E-state index contributed by atoms with van der Waals surface area (Å²) >= 11 is 7.89. The zero-order chi connectivity index (χ0) is 13.6. The monoisotopic (exact) mass is 291 g/mol. The summed E-state index contributed by atoms with van der Waals surface area (Å²) in [5.41, 5.74) is 8.97. The first-order valence-corrected chi connectivity index (χ1v) is 7.32. The highest BCUT2D eigenvalue weighted by atomic mass is 35.5. The van der Waals surface area contributed by atoms with Crippen molar-refractivity contribution in [3.63, 3.8) is 0 Å². The molecule has 3 nitrogen and oxygen atoms in total. The van der Waals surface area contributed by atoms with Crippen molar-refractivity contribution < 1.29 is 0 Å². The maximum Gasteiger partial charge on any atom is 0.144 e. The van der Waals surface area contributed by atoms with Gasteiger partial charge in [-0.15, -0.1) is 11.3 Å². The minimum Gasteiger partial charge on any atom is -0.390 e. The van der Waals surface area contributed by atoms with Crippen LogP contribution in [0.15, 0.2) is 24.3 Å². The van der Waals surface area contributed by atoms with Crippen molar-refractivity contribution in [2.24, 2.45) is 0 Å². The van der Waals surface area contributed by atoms with Crippen molar-refractivity contribution in [3.8, 4) is 11.4 Å². The van der Waals surface area contributed by atoms with Crippen LogP contribution < -0.4 is 5.73 Å². The van der Waals surface area contributed by atoms with E-state index in [4.69, 9.17) is 22.3 Å². The van der Waals surface area contributed by atoms with E-state index in [1.54, 1.807) is 11.3 Å². The number of imidazole rings is 1. The van der Waals surface area contributed by atoms with Gasteiger partial charge in [-0.1, -0.05) is 17.7 Å². The van der Waals surface area contributed by atoms with E-state index in [1.807, 2.05) is 18.2 Å². The van der Waals surface area contributed by atoms with Crippen LogP contribution in [0.4, 0.5) is 5.00 Å². The summed E-state index contributed by atoms with van der Waals surface area (Å²) < 4.78 is 2.12. The number of rotatable bonds is 2. The number of hydrogen-bond donors (Lipinski definition) is 1. The Balaban J connectivity index is 2.36. The molecule has 2 heterocycles. The van der Waals surface area contributed by atoms with Gasteiger partial charge in [-0.2, -0.15) is 0 Å². The molecule has 0 radical (unpaired) electrons. The maximum atomic E-state index is 6.30. The highest BCUT2D eigenvalue weighted by Crippen LogP contribution is 2.36. The molecule has 2 N–H and O–H groups in total. The number of nitrogens with two attached hydrogens (primary N) is 1. The molecule has 98 valence electrons. The Morgan fingerprint density at radius 2 is 2.21 bits per heavy atom. The van der Waals surface area contributed by atoms with Crippen LogP contribution in [0.3, 0.4) is 0 Å². The largest absolute Gasteiger partial charge is 0.390 e. The van der Waals surface area contributed by atoms with Gasteiger partial charge < -0.3 is 10.3 Å². The molecular weight excluding hydrogens is 278 g/mol. The van der Waals surface area contributed by atoms with Crippen molar-refractivity contribution in [3.05, 3.63) is 34.2 Å². The van der Waals surface area contributed by atoms with Crippen molar-refractivity contribution in [2.45, 2.75) is 20.4 Å². The van der Waals surface area contributed by atoms with Crippen LogP contribution in [0.25, 0.3) is 22.4 Å². The van der Waals surface area contributed by atoms with Crippen LogP contribution in [0.2, 0.25) is 5.02 Å². The number of halogens is 1. The van der Waals surface area contributed by atoms with Gasteiger partial charge in [0.2, 0.25) is 0 Å². The van der Waals surface area contributed by atoms with E-state index in [0.717, 1.165) is 39.0 Å². The van der Waals surface area contributed by atoms with Gasteiger partial charge in [-0.05, 0) is 32.0 Å². The van der Waals surface area contributed by atoms with Crippen LogP contribution >= 0.6 is 22.9 Å². The molecule has 0 aliphatic heterocycles. The van der Waals surface area contributed by atoms with Crippen LogP contribution in [0.5, 0.6) is 0 Å². The minimum atomic E-state index is 0.726. The predicted octanol–water partition coefficient (Wildman–Crippen LogP) is 4.33. The number of nitrogen functional groups attached to an aromatic ring is 1. The molecule has 2 aromatic heterocycles. The molecule has 0 fully saturated rings. The second-order valence-electron chi connectivity index (χ2n) is 4.42. The summed E-state index contributed by atoms with van der Waals surface area (Å²) in [6.45, 7) is 4.95. The molecule has 0 spiro atoms. The molecule has 3 aromatic rings. The number of nitrogens with zero attached hydrogens (tertiary/aromatic N) is 2. The van der Waals surface area contributed by atoms with Gasteiger partial charge in [0.1, 0.15) is 5.82 Å². The Hall–Kier alpha value is -1.52. The second kappa shape index (κ2) is 4.54. The van der Waals surface area contributed by atoms with Gasteiger partial charge in [0.25, 0.3) is 0 Å². The highest BCUT2D eigenvalue weighted by molar-refractivity contribution is 7.16. The van der Waals surface area contributed by atoms with E-state index in [9.17, 15) is 0 Å². The Bertz CT molecular complexity index is 757. The summed E-state index contributed by atoms with van der Waals surface area (Å²) in [5.74, 6) is 0.896. The van der Waals surface area contributed by atoms with Crippen LogP contribution in [0, 0.1) is 6.92 Å². The first-order valence-electron chi connectivity index (χ1n) is 6.13. The lowest BCUT2D eigenvalue weighted by molar-refractivity contribution is 0.797. The smallest absolute Gasteiger partial charge is 0.144 e. The van der Waals surface area contributed by atoms with E-state index in [0.29, 0.717) is 0 Å². The number of thiophene rings is 1. The number of anilines is 1. The van der Waals surface area contributed by atoms with Crippen LogP contribution in [0.1, 0.15) is 11.8 Å².